The summed E-state index contributed by atoms with van der Waals surface area (Å²) < 4.78 is 0.923. The Morgan fingerprint density at radius 2 is 2.12 bits per heavy atom. The molecular formula is C12H11BrN2O2. The van der Waals surface area contributed by atoms with Crippen molar-refractivity contribution in [1.82, 2.24) is 10.6 Å². The number of benzene rings is 1. The minimum absolute atomic E-state index is 0.235. The Labute approximate surface area is 107 Å². The third-order valence-corrected chi connectivity index (χ3v) is 3.96. The monoisotopic (exact) mass is 294 g/mol. The number of fused-ring (bicyclic) bond motifs is 2. The Balaban J connectivity index is 2.19. The lowest BCUT2D eigenvalue weighted by Crippen LogP contribution is -2.46. The maximum absolute atomic E-state index is 12.0. The fourth-order valence-corrected chi connectivity index (χ4v) is 3.06. The van der Waals surface area contributed by atoms with Gasteiger partial charge in [-0.15, -0.1) is 0 Å². The second-order valence-corrected chi connectivity index (χ2v) is 5.38. The van der Waals surface area contributed by atoms with E-state index in [0.717, 1.165) is 28.4 Å². The lowest BCUT2D eigenvalue weighted by Gasteiger charge is -2.33. The lowest BCUT2D eigenvalue weighted by molar-refractivity contribution is -0.124. The zero-order valence-corrected chi connectivity index (χ0v) is 10.6. The maximum Gasteiger partial charge on any atom is 0.322 e. The molecule has 1 aromatic carbocycles. The predicted octanol–water partition coefficient (Wildman–Crippen LogP) is 1.82. The molecule has 17 heavy (non-hydrogen) atoms. The summed E-state index contributed by atoms with van der Waals surface area (Å²) >= 11 is 3.41. The molecule has 1 saturated heterocycles. The Morgan fingerprint density at radius 3 is 2.82 bits per heavy atom. The number of halogens is 1. The normalized spacial score (nSPS) is 26.6. The van der Waals surface area contributed by atoms with Crippen molar-refractivity contribution in [3.8, 4) is 0 Å². The van der Waals surface area contributed by atoms with Gasteiger partial charge in [0.1, 0.15) is 5.54 Å². The molecule has 0 radical (unpaired) electrons. The van der Waals surface area contributed by atoms with Crippen LogP contribution in [0, 0.1) is 0 Å². The van der Waals surface area contributed by atoms with Gasteiger partial charge in [-0.3, -0.25) is 10.1 Å². The second-order valence-electron chi connectivity index (χ2n) is 4.47. The van der Waals surface area contributed by atoms with Crippen LogP contribution in [0.2, 0.25) is 0 Å². The molecule has 1 aromatic rings. The number of rotatable bonds is 0. The third kappa shape index (κ3) is 1.49. The summed E-state index contributed by atoms with van der Waals surface area (Å²) in [6.45, 7) is 0. The van der Waals surface area contributed by atoms with Crippen molar-refractivity contribution in [2.75, 3.05) is 0 Å². The maximum atomic E-state index is 12.0. The molecule has 1 atom stereocenters. The minimum Gasteiger partial charge on any atom is -0.319 e. The molecule has 2 N–H and O–H groups in total. The van der Waals surface area contributed by atoms with Crippen molar-refractivity contribution in [3.05, 3.63) is 33.8 Å². The van der Waals surface area contributed by atoms with Crippen molar-refractivity contribution in [3.63, 3.8) is 0 Å². The molecule has 1 spiro atoms. The Kier molecular flexibility index (Phi) is 2.26. The van der Waals surface area contributed by atoms with E-state index in [9.17, 15) is 9.59 Å². The average Bonchev–Trinajstić information content (AvgIpc) is 2.56. The largest absolute Gasteiger partial charge is 0.322 e. The number of hydrogen-bond acceptors (Lipinski definition) is 2. The highest BCUT2D eigenvalue weighted by Crippen LogP contribution is 2.38. The van der Waals surface area contributed by atoms with Crippen LogP contribution < -0.4 is 10.6 Å². The Bertz CT molecular complexity index is 529. The van der Waals surface area contributed by atoms with Crippen LogP contribution in [0.4, 0.5) is 4.79 Å². The van der Waals surface area contributed by atoms with Gasteiger partial charge < -0.3 is 5.32 Å². The van der Waals surface area contributed by atoms with Gasteiger partial charge in [-0.2, -0.15) is 0 Å². The van der Waals surface area contributed by atoms with E-state index in [0.29, 0.717) is 6.42 Å². The first-order valence-corrected chi connectivity index (χ1v) is 6.34. The molecule has 0 unspecified atom stereocenters. The van der Waals surface area contributed by atoms with Crippen LogP contribution in [0.3, 0.4) is 0 Å². The van der Waals surface area contributed by atoms with E-state index < -0.39 is 11.6 Å². The number of nitrogens with one attached hydrogen (secondary N) is 2. The predicted molar refractivity (Wildman–Crippen MR) is 65.4 cm³/mol. The smallest absolute Gasteiger partial charge is 0.319 e. The highest BCUT2D eigenvalue weighted by molar-refractivity contribution is 9.10. The number of urea groups is 1. The average molecular weight is 295 g/mol. The first-order chi connectivity index (χ1) is 8.12. The zero-order chi connectivity index (χ0) is 12.0. The topological polar surface area (TPSA) is 58.2 Å². The van der Waals surface area contributed by atoms with Gasteiger partial charge in [-0.25, -0.2) is 4.79 Å². The molecule has 1 aliphatic heterocycles. The number of carbonyl (C=O) groups excluding carboxylic acids is 2. The number of aryl methyl sites for hydroxylation is 1. The summed E-state index contributed by atoms with van der Waals surface area (Å²) in [6.07, 6.45) is 2.52. The van der Waals surface area contributed by atoms with Gasteiger partial charge in [0.2, 0.25) is 0 Å². The molecule has 1 heterocycles. The molecule has 0 saturated carbocycles. The van der Waals surface area contributed by atoms with Gasteiger partial charge in [0.15, 0.2) is 0 Å². The minimum atomic E-state index is -0.853. The van der Waals surface area contributed by atoms with Crippen LogP contribution >= 0.6 is 15.9 Å². The van der Waals surface area contributed by atoms with Crippen molar-refractivity contribution in [2.24, 2.45) is 0 Å². The quantitative estimate of drug-likeness (QED) is 0.717. The van der Waals surface area contributed by atoms with E-state index in [2.05, 4.69) is 26.6 Å². The van der Waals surface area contributed by atoms with Gasteiger partial charge in [-0.05, 0) is 42.5 Å². The molecule has 1 aliphatic carbocycles. The SMILES string of the molecule is O=C1NC(=O)[C@@]2(CCCc3ccc(Br)cc32)N1. The molecule has 5 heteroatoms. The molecule has 2 aliphatic rings. The highest BCUT2D eigenvalue weighted by atomic mass is 79.9. The summed E-state index contributed by atoms with van der Waals surface area (Å²) in [5.41, 5.74) is 1.20. The van der Waals surface area contributed by atoms with Crippen LogP contribution in [0.25, 0.3) is 0 Å². The van der Waals surface area contributed by atoms with E-state index in [-0.39, 0.29) is 5.91 Å². The molecular weight excluding hydrogens is 284 g/mol. The second kappa shape index (κ2) is 3.57. The zero-order valence-electron chi connectivity index (χ0n) is 9.05. The van der Waals surface area contributed by atoms with Crippen LogP contribution in [0.5, 0.6) is 0 Å². The standard InChI is InChI=1S/C12H11BrN2O2/c13-8-4-3-7-2-1-5-12(9(7)6-8)10(16)14-11(17)15-12/h3-4,6H,1-2,5H2,(H2,14,15,16,17)/t12-/m0/s1. The van der Waals surface area contributed by atoms with Gasteiger partial charge in [0, 0.05) is 4.47 Å². The third-order valence-electron chi connectivity index (χ3n) is 3.47. The van der Waals surface area contributed by atoms with Gasteiger partial charge in [-0.1, -0.05) is 22.0 Å². The summed E-state index contributed by atoms with van der Waals surface area (Å²) in [5, 5.41) is 5.12. The van der Waals surface area contributed by atoms with Crippen molar-refractivity contribution in [2.45, 2.75) is 24.8 Å². The van der Waals surface area contributed by atoms with Crippen molar-refractivity contribution < 1.29 is 9.59 Å². The number of amides is 3. The summed E-state index contributed by atoms with van der Waals surface area (Å²) in [7, 11) is 0. The summed E-state index contributed by atoms with van der Waals surface area (Å²) in [6, 6.07) is 5.51. The van der Waals surface area contributed by atoms with Gasteiger partial charge in [0.25, 0.3) is 5.91 Å². The molecule has 0 aromatic heterocycles. The molecule has 4 nitrogen and oxygen atoms in total. The summed E-state index contributed by atoms with van der Waals surface area (Å²) in [5.74, 6) is -0.235. The molecule has 0 bridgehead atoms. The first-order valence-electron chi connectivity index (χ1n) is 5.54. The summed E-state index contributed by atoms with van der Waals surface area (Å²) in [4.78, 5) is 23.4. The lowest BCUT2D eigenvalue weighted by atomic mass is 9.76. The first kappa shape index (κ1) is 10.8. The van der Waals surface area contributed by atoms with Crippen LogP contribution in [-0.4, -0.2) is 11.9 Å². The fourth-order valence-electron chi connectivity index (χ4n) is 2.70. The van der Waals surface area contributed by atoms with Crippen LogP contribution in [0.1, 0.15) is 24.0 Å². The Morgan fingerprint density at radius 1 is 1.29 bits per heavy atom. The number of carbonyl (C=O) groups is 2. The van der Waals surface area contributed by atoms with E-state index in [4.69, 9.17) is 0 Å². The van der Waals surface area contributed by atoms with E-state index in [1.54, 1.807) is 0 Å². The van der Waals surface area contributed by atoms with Crippen molar-refractivity contribution in [1.29, 1.82) is 0 Å². The van der Waals surface area contributed by atoms with Crippen molar-refractivity contribution >= 4 is 27.9 Å². The van der Waals surface area contributed by atoms with E-state index >= 15 is 0 Å². The number of imide groups is 1. The van der Waals surface area contributed by atoms with Crippen LogP contribution in [0.15, 0.2) is 22.7 Å². The van der Waals surface area contributed by atoms with E-state index in [1.807, 2.05) is 18.2 Å². The number of hydrogen-bond donors (Lipinski definition) is 2. The molecule has 1 fully saturated rings. The molecule has 3 amide bonds. The Hall–Kier alpha value is -1.36. The van der Waals surface area contributed by atoms with E-state index in [1.165, 1.54) is 0 Å². The van der Waals surface area contributed by atoms with Gasteiger partial charge in [0.05, 0.1) is 0 Å². The fraction of sp³-hybridized carbons (Fsp3) is 0.333. The molecule has 88 valence electrons. The highest BCUT2D eigenvalue weighted by Gasteiger charge is 2.49. The van der Waals surface area contributed by atoms with Crippen LogP contribution in [-0.2, 0) is 16.8 Å². The van der Waals surface area contributed by atoms with Gasteiger partial charge >= 0.3 is 6.03 Å². The molecule has 3 rings (SSSR count).